The van der Waals surface area contributed by atoms with Crippen molar-refractivity contribution in [3.63, 3.8) is 0 Å². The van der Waals surface area contributed by atoms with Crippen LogP contribution in [0.2, 0.25) is 0 Å². The molecule has 0 spiro atoms. The SMILES string of the molecule is CC(CNC(=O)c1cccc2ncccc12)N1CCc2ccccc2C1. The molecule has 4 rings (SSSR count). The number of hydrogen-bond acceptors (Lipinski definition) is 3. The summed E-state index contributed by atoms with van der Waals surface area (Å²) in [4.78, 5) is 19.5. The minimum atomic E-state index is -0.0344. The zero-order valence-corrected chi connectivity index (χ0v) is 15.0. The largest absolute Gasteiger partial charge is 0.350 e. The average Bonchev–Trinajstić information content (AvgIpc) is 2.71. The third-order valence-electron chi connectivity index (χ3n) is 5.23. The number of amides is 1. The standard InChI is InChI=1S/C22H23N3O/c1-16(25-13-11-17-6-2-3-7-18(17)15-25)14-24-22(26)20-8-4-10-21-19(20)9-5-12-23-21/h2-10,12,16H,11,13-15H2,1H3,(H,24,26). The quantitative estimate of drug-likeness (QED) is 0.788. The van der Waals surface area contributed by atoms with Crippen LogP contribution in [0.5, 0.6) is 0 Å². The lowest BCUT2D eigenvalue weighted by Crippen LogP contribution is -2.44. The first-order chi connectivity index (χ1) is 12.7. The Hall–Kier alpha value is -2.72. The van der Waals surface area contributed by atoms with Gasteiger partial charge in [0.15, 0.2) is 0 Å². The van der Waals surface area contributed by atoms with Gasteiger partial charge in [-0.1, -0.05) is 36.4 Å². The zero-order valence-electron chi connectivity index (χ0n) is 15.0. The number of aromatic nitrogens is 1. The molecule has 2 heterocycles. The molecule has 1 amide bonds. The first kappa shape index (κ1) is 16.7. The minimum Gasteiger partial charge on any atom is -0.350 e. The molecule has 1 N–H and O–H groups in total. The second-order valence-electron chi connectivity index (χ2n) is 6.92. The van der Waals surface area contributed by atoms with Crippen molar-refractivity contribution in [1.29, 1.82) is 0 Å². The summed E-state index contributed by atoms with van der Waals surface area (Å²) in [5.74, 6) is -0.0344. The summed E-state index contributed by atoms with van der Waals surface area (Å²) in [5.41, 5.74) is 4.38. The normalized spacial score (nSPS) is 15.4. The molecule has 132 valence electrons. The highest BCUT2D eigenvalue weighted by Crippen LogP contribution is 2.20. The Morgan fingerprint density at radius 3 is 2.85 bits per heavy atom. The van der Waals surface area contributed by atoms with E-state index < -0.39 is 0 Å². The molecule has 0 radical (unpaired) electrons. The van der Waals surface area contributed by atoms with Gasteiger partial charge in [0.1, 0.15) is 0 Å². The molecule has 3 aromatic rings. The lowest BCUT2D eigenvalue weighted by molar-refractivity contribution is 0.0934. The van der Waals surface area contributed by atoms with Crippen LogP contribution in [0.4, 0.5) is 0 Å². The molecule has 0 saturated carbocycles. The van der Waals surface area contributed by atoms with E-state index >= 15 is 0 Å². The van der Waals surface area contributed by atoms with Gasteiger partial charge >= 0.3 is 0 Å². The summed E-state index contributed by atoms with van der Waals surface area (Å²) in [6, 6.07) is 18.4. The van der Waals surface area contributed by atoms with E-state index in [1.54, 1.807) is 6.20 Å². The summed E-state index contributed by atoms with van der Waals surface area (Å²) < 4.78 is 0. The van der Waals surface area contributed by atoms with Gasteiger partial charge in [-0.3, -0.25) is 14.7 Å². The molecule has 4 heteroatoms. The summed E-state index contributed by atoms with van der Waals surface area (Å²) in [6.45, 7) is 4.80. The number of rotatable bonds is 4. The molecule has 0 saturated heterocycles. The number of carbonyl (C=O) groups excluding carboxylic acids is 1. The van der Waals surface area contributed by atoms with Crippen LogP contribution < -0.4 is 5.32 Å². The molecule has 4 nitrogen and oxygen atoms in total. The monoisotopic (exact) mass is 345 g/mol. The minimum absolute atomic E-state index is 0.0344. The predicted octanol–water partition coefficient (Wildman–Crippen LogP) is 3.41. The van der Waals surface area contributed by atoms with Gasteiger partial charge in [0.25, 0.3) is 5.91 Å². The molecule has 1 unspecified atom stereocenters. The lowest BCUT2D eigenvalue weighted by Gasteiger charge is -2.33. The molecule has 1 atom stereocenters. The number of benzene rings is 2. The molecule has 0 fully saturated rings. The number of pyridine rings is 1. The number of carbonyl (C=O) groups is 1. The number of hydrogen-bond donors (Lipinski definition) is 1. The Morgan fingerprint density at radius 2 is 1.96 bits per heavy atom. The maximum Gasteiger partial charge on any atom is 0.252 e. The predicted molar refractivity (Wildman–Crippen MR) is 104 cm³/mol. The smallest absolute Gasteiger partial charge is 0.252 e. The van der Waals surface area contributed by atoms with Crippen molar-refractivity contribution in [3.8, 4) is 0 Å². The van der Waals surface area contributed by atoms with Crippen molar-refractivity contribution in [2.24, 2.45) is 0 Å². The van der Waals surface area contributed by atoms with E-state index in [2.05, 4.69) is 46.4 Å². The van der Waals surface area contributed by atoms with Gasteiger partial charge in [0.05, 0.1) is 5.52 Å². The summed E-state index contributed by atoms with van der Waals surface area (Å²) >= 11 is 0. The van der Waals surface area contributed by atoms with Gasteiger partial charge in [-0.05, 0) is 42.7 Å². The van der Waals surface area contributed by atoms with Gasteiger partial charge in [-0.25, -0.2) is 0 Å². The highest BCUT2D eigenvalue weighted by atomic mass is 16.1. The lowest BCUT2D eigenvalue weighted by atomic mass is 9.99. The van der Waals surface area contributed by atoms with Crippen LogP contribution in [0.25, 0.3) is 10.9 Å². The number of fused-ring (bicyclic) bond motifs is 2. The van der Waals surface area contributed by atoms with Crippen molar-refractivity contribution in [2.45, 2.75) is 25.9 Å². The van der Waals surface area contributed by atoms with E-state index in [1.165, 1.54) is 11.1 Å². The maximum absolute atomic E-state index is 12.7. The topological polar surface area (TPSA) is 45.2 Å². The molecule has 2 aromatic carbocycles. The van der Waals surface area contributed by atoms with Crippen LogP contribution >= 0.6 is 0 Å². The summed E-state index contributed by atoms with van der Waals surface area (Å²) in [6.07, 6.45) is 2.82. The van der Waals surface area contributed by atoms with Crippen molar-refractivity contribution >= 4 is 16.8 Å². The second kappa shape index (κ2) is 7.26. The van der Waals surface area contributed by atoms with E-state index in [1.807, 2.05) is 30.3 Å². The first-order valence-electron chi connectivity index (χ1n) is 9.15. The summed E-state index contributed by atoms with van der Waals surface area (Å²) in [7, 11) is 0. The fraction of sp³-hybridized carbons (Fsp3) is 0.273. The fourth-order valence-electron chi connectivity index (χ4n) is 3.66. The highest BCUT2D eigenvalue weighted by molar-refractivity contribution is 6.06. The van der Waals surface area contributed by atoms with Crippen LogP contribution in [-0.2, 0) is 13.0 Å². The van der Waals surface area contributed by atoms with Crippen LogP contribution in [0.1, 0.15) is 28.4 Å². The second-order valence-corrected chi connectivity index (χ2v) is 6.92. The van der Waals surface area contributed by atoms with Crippen molar-refractivity contribution in [1.82, 2.24) is 15.2 Å². The molecular formula is C22H23N3O. The van der Waals surface area contributed by atoms with E-state index in [0.29, 0.717) is 18.2 Å². The van der Waals surface area contributed by atoms with Crippen molar-refractivity contribution in [3.05, 3.63) is 77.5 Å². The molecule has 1 aromatic heterocycles. The Labute approximate surface area is 153 Å². The third-order valence-corrected chi connectivity index (χ3v) is 5.23. The van der Waals surface area contributed by atoms with E-state index in [0.717, 1.165) is 30.4 Å². The summed E-state index contributed by atoms with van der Waals surface area (Å²) in [5, 5.41) is 4.00. The van der Waals surface area contributed by atoms with Crippen LogP contribution in [0, 0.1) is 0 Å². The van der Waals surface area contributed by atoms with E-state index in [-0.39, 0.29) is 5.91 Å². The zero-order chi connectivity index (χ0) is 17.9. The Kier molecular flexibility index (Phi) is 4.67. The van der Waals surface area contributed by atoms with Gasteiger partial charge < -0.3 is 5.32 Å². The number of nitrogens with zero attached hydrogens (tertiary/aromatic N) is 2. The first-order valence-corrected chi connectivity index (χ1v) is 9.15. The van der Waals surface area contributed by atoms with Gasteiger partial charge in [-0.15, -0.1) is 0 Å². The van der Waals surface area contributed by atoms with Crippen molar-refractivity contribution < 1.29 is 4.79 Å². The Morgan fingerprint density at radius 1 is 1.12 bits per heavy atom. The van der Waals surface area contributed by atoms with Crippen LogP contribution in [0.15, 0.2) is 60.8 Å². The number of nitrogens with one attached hydrogen (secondary N) is 1. The average molecular weight is 345 g/mol. The molecule has 0 aliphatic carbocycles. The van der Waals surface area contributed by atoms with Crippen LogP contribution in [-0.4, -0.2) is 34.9 Å². The van der Waals surface area contributed by atoms with E-state index in [4.69, 9.17) is 0 Å². The Bertz CT molecular complexity index is 932. The maximum atomic E-state index is 12.7. The molecular weight excluding hydrogens is 322 g/mol. The van der Waals surface area contributed by atoms with E-state index in [9.17, 15) is 4.79 Å². The fourth-order valence-corrected chi connectivity index (χ4v) is 3.66. The Balaban J connectivity index is 1.41. The molecule has 26 heavy (non-hydrogen) atoms. The van der Waals surface area contributed by atoms with Gasteiger partial charge in [0, 0.05) is 42.8 Å². The third kappa shape index (κ3) is 3.33. The molecule has 1 aliphatic heterocycles. The van der Waals surface area contributed by atoms with Gasteiger partial charge in [0.2, 0.25) is 0 Å². The highest BCUT2D eigenvalue weighted by Gasteiger charge is 2.21. The van der Waals surface area contributed by atoms with Crippen LogP contribution in [0.3, 0.4) is 0 Å². The molecule has 1 aliphatic rings. The van der Waals surface area contributed by atoms with Gasteiger partial charge in [-0.2, -0.15) is 0 Å². The molecule has 0 bridgehead atoms. The van der Waals surface area contributed by atoms with Crippen molar-refractivity contribution in [2.75, 3.05) is 13.1 Å².